The predicted octanol–water partition coefficient (Wildman–Crippen LogP) is 3.79. The van der Waals surface area contributed by atoms with E-state index in [-0.39, 0.29) is 11.9 Å². The SMILES string of the molecule is CCOC(=O)C1CCCN(Cc2nc(N3CCCCCC3)c3ccccc3n2)C1. The molecule has 3 heterocycles. The van der Waals surface area contributed by atoms with Crippen molar-refractivity contribution in [1.82, 2.24) is 14.9 Å². The zero-order valence-corrected chi connectivity index (χ0v) is 17.5. The van der Waals surface area contributed by atoms with Crippen LogP contribution in [0.4, 0.5) is 5.82 Å². The number of nitrogens with zero attached hydrogens (tertiary/aromatic N) is 4. The Morgan fingerprint density at radius 2 is 1.86 bits per heavy atom. The number of anilines is 1. The molecular formula is C23H32N4O2. The Balaban J connectivity index is 1.56. The highest BCUT2D eigenvalue weighted by Crippen LogP contribution is 2.27. The van der Waals surface area contributed by atoms with Crippen LogP contribution in [0.3, 0.4) is 0 Å². The summed E-state index contributed by atoms with van der Waals surface area (Å²) < 4.78 is 5.24. The number of esters is 1. The van der Waals surface area contributed by atoms with E-state index in [0.717, 1.165) is 61.6 Å². The van der Waals surface area contributed by atoms with Crippen LogP contribution in [-0.4, -0.2) is 53.6 Å². The quantitative estimate of drug-likeness (QED) is 0.717. The molecule has 0 amide bonds. The highest BCUT2D eigenvalue weighted by atomic mass is 16.5. The van der Waals surface area contributed by atoms with Gasteiger partial charge in [0.1, 0.15) is 11.6 Å². The van der Waals surface area contributed by atoms with Gasteiger partial charge in [-0.05, 0) is 51.3 Å². The lowest BCUT2D eigenvalue weighted by Gasteiger charge is -2.31. The molecule has 6 heteroatoms. The predicted molar refractivity (Wildman–Crippen MR) is 115 cm³/mol. The van der Waals surface area contributed by atoms with Gasteiger partial charge in [-0.25, -0.2) is 9.97 Å². The van der Waals surface area contributed by atoms with Crippen molar-refractivity contribution in [2.24, 2.45) is 5.92 Å². The number of benzene rings is 1. The van der Waals surface area contributed by atoms with E-state index in [1.807, 2.05) is 13.0 Å². The number of rotatable bonds is 5. The van der Waals surface area contributed by atoms with Crippen LogP contribution in [0, 0.1) is 5.92 Å². The average molecular weight is 397 g/mol. The topological polar surface area (TPSA) is 58.6 Å². The molecule has 0 spiro atoms. The number of carbonyl (C=O) groups is 1. The molecule has 1 aromatic heterocycles. The van der Waals surface area contributed by atoms with Crippen molar-refractivity contribution in [2.45, 2.75) is 52.0 Å². The molecule has 29 heavy (non-hydrogen) atoms. The molecule has 2 aromatic rings. The Morgan fingerprint density at radius 1 is 1.07 bits per heavy atom. The number of fused-ring (bicyclic) bond motifs is 1. The molecule has 4 rings (SSSR count). The van der Waals surface area contributed by atoms with Crippen molar-refractivity contribution in [1.29, 1.82) is 0 Å². The van der Waals surface area contributed by atoms with E-state index in [1.54, 1.807) is 0 Å². The summed E-state index contributed by atoms with van der Waals surface area (Å²) >= 11 is 0. The number of carbonyl (C=O) groups excluding carboxylic acids is 1. The first-order valence-corrected chi connectivity index (χ1v) is 11.1. The summed E-state index contributed by atoms with van der Waals surface area (Å²) in [5.41, 5.74) is 1.01. The highest BCUT2D eigenvalue weighted by Gasteiger charge is 2.27. The smallest absolute Gasteiger partial charge is 0.310 e. The van der Waals surface area contributed by atoms with Crippen LogP contribution in [-0.2, 0) is 16.1 Å². The van der Waals surface area contributed by atoms with Crippen LogP contribution in [0.15, 0.2) is 24.3 Å². The standard InChI is InChI=1S/C23H32N4O2/c1-2-29-23(28)18-10-9-13-26(16-18)17-21-24-20-12-6-5-11-19(20)22(25-21)27-14-7-3-4-8-15-27/h5-6,11-12,18H,2-4,7-10,13-17H2,1H3. The zero-order valence-electron chi connectivity index (χ0n) is 17.5. The van der Waals surface area contributed by atoms with Gasteiger partial charge in [-0.2, -0.15) is 0 Å². The number of hydrogen-bond acceptors (Lipinski definition) is 6. The van der Waals surface area contributed by atoms with Crippen molar-refractivity contribution in [2.75, 3.05) is 37.7 Å². The second-order valence-corrected chi connectivity index (χ2v) is 8.21. The molecule has 1 aromatic carbocycles. The molecule has 6 nitrogen and oxygen atoms in total. The first-order valence-electron chi connectivity index (χ1n) is 11.1. The van der Waals surface area contributed by atoms with Crippen molar-refractivity contribution >= 4 is 22.7 Å². The van der Waals surface area contributed by atoms with E-state index < -0.39 is 0 Å². The van der Waals surface area contributed by atoms with Gasteiger partial charge < -0.3 is 9.64 Å². The van der Waals surface area contributed by atoms with Crippen molar-refractivity contribution in [3.8, 4) is 0 Å². The van der Waals surface area contributed by atoms with Gasteiger partial charge in [-0.1, -0.05) is 25.0 Å². The van der Waals surface area contributed by atoms with Gasteiger partial charge in [0.25, 0.3) is 0 Å². The molecule has 156 valence electrons. The molecule has 1 atom stereocenters. The first kappa shape index (κ1) is 20.1. The fourth-order valence-corrected chi connectivity index (χ4v) is 4.55. The summed E-state index contributed by atoms with van der Waals surface area (Å²) in [6, 6.07) is 8.33. The van der Waals surface area contributed by atoms with Gasteiger partial charge in [0.2, 0.25) is 0 Å². The maximum atomic E-state index is 12.2. The molecule has 1 unspecified atom stereocenters. The molecule has 2 aliphatic rings. The fraction of sp³-hybridized carbons (Fsp3) is 0.609. The van der Waals surface area contributed by atoms with Crippen LogP contribution in [0.25, 0.3) is 10.9 Å². The number of piperidine rings is 1. The molecule has 0 N–H and O–H groups in total. The summed E-state index contributed by atoms with van der Waals surface area (Å²) in [5, 5.41) is 1.14. The maximum Gasteiger partial charge on any atom is 0.310 e. The van der Waals surface area contributed by atoms with Crippen molar-refractivity contribution < 1.29 is 9.53 Å². The highest BCUT2D eigenvalue weighted by molar-refractivity contribution is 5.89. The normalized spacial score (nSPS) is 21.1. The minimum atomic E-state index is -0.0677. The van der Waals surface area contributed by atoms with Gasteiger partial charge in [0.05, 0.1) is 24.6 Å². The summed E-state index contributed by atoms with van der Waals surface area (Å²) in [6.45, 7) is 6.83. The number of ether oxygens (including phenoxy) is 1. The van der Waals surface area contributed by atoms with E-state index in [4.69, 9.17) is 14.7 Å². The monoisotopic (exact) mass is 396 g/mol. The molecule has 2 aliphatic heterocycles. The largest absolute Gasteiger partial charge is 0.466 e. The first-order chi connectivity index (χ1) is 14.2. The molecule has 0 saturated carbocycles. The van der Waals surface area contributed by atoms with E-state index >= 15 is 0 Å². The van der Waals surface area contributed by atoms with Gasteiger partial charge in [0, 0.05) is 25.0 Å². The summed E-state index contributed by atoms with van der Waals surface area (Å²) in [4.78, 5) is 26.8. The molecule has 2 saturated heterocycles. The van der Waals surface area contributed by atoms with Gasteiger partial charge in [0.15, 0.2) is 0 Å². The third kappa shape index (κ3) is 4.86. The van der Waals surface area contributed by atoms with Gasteiger partial charge in [-0.15, -0.1) is 0 Å². The molecule has 0 radical (unpaired) electrons. The van der Waals surface area contributed by atoms with Crippen LogP contribution in [0.1, 0.15) is 51.3 Å². The van der Waals surface area contributed by atoms with Crippen molar-refractivity contribution in [3.63, 3.8) is 0 Å². The van der Waals surface area contributed by atoms with Crippen LogP contribution < -0.4 is 4.90 Å². The average Bonchev–Trinajstić information content (AvgIpc) is 3.03. The summed E-state index contributed by atoms with van der Waals surface area (Å²) in [7, 11) is 0. The molecular weight excluding hydrogens is 364 g/mol. The Morgan fingerprint density at radius 3 is 2.66 bits per heavy atom. The van der Waals surface area contributed by atoms with E-state index in [2.05, 4.69) is 28.0 Å². The summed E-state index contributed by atoms with van der Waals surface area (Å²) in [6.07, 6.45) is 6.97. The van der Waals surface area contributed by atoms with Crippen LogP contribution in [0.2, 0.25) is 0 Å². The third-order valence-electron chi connectivity index (χ3n) is 6.03. The second kappa shape index (κ2) is 9.53. The van der Waals surface area contributed by atoms with Gasteiger partial charge >= 0.3 is 5.97 Å². The minimum absolute atomic E-state index is 0.0331. The number of aromatic nitrogens is 2. The maximum absolute atomic E-state index is 12.2. The zero-order chi connectivity index (χ0) is 20.1. The van der Waals surface area contributed by atoms with E-state index in [9.17, 15) is 4.79 Å². The Bertz CT molecular complexity index is 833. The minimum Gasteiger partial charge on any atom is -0.466 e. The van der Waals surface area contributed by atoms with Crippen LogP contribution >= 0.6 is 0 Å². The third-order valence-corrected chi connectivity index (χ3v) is 6.03. The number of likely N-dealkylation sites (tertiary alicyclic amines) is 1. The lowest BCUT2D eigenvalue weighted by Crippen LogP contribution is -2.39. The Kier molecular flexibility index (Phi) is 6.60. The second-order valence-electron chi connectivity index (χ2n) is 8.21. The van der Waals surface area contributed by atoms with E-state index in [1.165, 1.54) is 25.7 Å². The summed E-state index contributed by atoms with van der Waals surface area (Å²) in [5.74, 6) is 1.83. The fourth-order valence-electron chi connectivity index (χ4n) is 4.55. The lowest BCUT2D eigenvalue weighted by molar-refractivity contribution is -0.150. The Labute approximate surface area is 173 Å². The van der Waals surface area contributed by atoms with Crippen LogP contribution in [0.5, 0.6) is 0 Å². The Hall–Kier alpha value is -2.21. The number of hydrogen-bond donors (Lipinski definition) is 0. The molecule has 0 bridgehead atoms. The molecule has 0 aliphatic carbocycles. The number of para-hydroxylation sites is 1. The van der Waals surface area contributed by atoms with E-state index in [0.29, 0.717) is 13.2 Å². The van der Waals surface area contributed by atoms with Crippen molar-refractivity contribution in [3.05, 3.63) is 30.1 Å². The molecule has 2 fully saturated rings. The lowest BCUT2D eigenvalue weighted by atomic mass is 9.98. The van der Waals surface area contributed by atoms with Gasteiger partial charge in [-0.3, -0.25) is 9.69 Å².